The number of aliphatic carboxylic acids is 4. The molecule has 24 heteroatoms. The quantitative estimate of drug-likeness (QED) is 0.0551. The van der Waals surface area contributed by atoms with Crippen LogP contribution in [0.3, 0.4) is 0 Å². The van der Waals surface area contributed by atoms with E-state index in [4.69, 9.17) is 0 Å². The van der Waals surface area contributed by atoms with E-state index in [-0.39, 0.29) is 109 Å². The molecule has 22 nitrogen and oxygen atoms in total. The maximum atomic E-state index is 13.1. The summed E-state index contributed by atoms with van der Waals surface area (Å²) in [6.07, 6.45) is 0.407. The Balaban J connectivity index is 0.0000162. The Morgan fingerprint density at radius 1 is 0.684 bits per heavy atom. The fourth-order valence-corrected chi connectivity index (χ4v) is 6.66. The average Bonchev–Trinajstić information content (AvgIpc) is 3.60. The van der Waals surface area contributed by atoms with E-state index in [1.165, 1.54) is 16.7 Å². The standard InChI is InChI=1S/C33H57BN8O14.Lu/c1-21(2)30(31(51)36-22(3)32(52)42-8-4-5-24(42)34(55)56)37-26(44)17-35-25(43)7-6-23(33(53)54)41-15-13-39(19-28(47)48)11-9-38(18-27(45)46)10-12-40(14-16-41)20-29(49)50;/h21-24,30,55-56H,4-20H2,1-3H3,(H,35,43)(H,36,51)(H,37,44)(H,45,46)(H,47,48)(H,49,50)(H,53,54);/t22-,23+,24+,30+;/m1./s1. The molecule has 4 atom stereocenters. The molecule has 2 fully saturated rings. The van der Waals surface area contributed by atoms with E-state index in [0.29, 0.717) is 19.4 Å². The van der Waals surface area contributed by atoms with E-state index in [1.807, 2.05) is 0 Å². The number of nitrogens with zero attached hydrogens (tertiary/aromatic N) is 5. The van der Waals surface area contributed by atoms with Crippen LogP contribution < -0.4 is 16.0 Å². The first-order chi connectivity index (χ1) is 26.3. The summed E-state index contributed by atoms with van der Waals surface area (Å²) in [6.45, 7) is 4.17. The molecule has 0 spiro atoms. The normalized spacial score (nSPS) is 19.5. The molecule has 0 aromatic rings. The van der Waals surface area contributed by atoms with E-state index in [9.17, 15) is 68.8 Å². The van der Waals surface area contributed by atoms with Gasteiger partial charge in [0.05, 0.1) is 32.1 Å². The number of likely N-dealkylation sites (tertiary alicyclic amines) is 1. The number of carboxylic acid groups (broad SMARTS) is 4. The second-order valence-electron chi connectivity index (χ2n) is 14.4. The zero-order valence-electron chi connectivity index (χ0n) is 32.4. The molecule has 331 valence electrons. The second kappa shape index (κ2) is 26.0. The number of carboxylic acids is 4. The van der Waals surface area contributed by atoms with Crippen LogP contribution in [-0.2, 0) is 38.4 Å². The molecule has 2 rings (SSSR count). The summed E-state index contributed by atoms with van der Waals surface area (Å²) >= 11 is 0. The van der Waals surface area contributed by atoms with Crippen LogP contribution in [-0.4, -0.2) is 219 Å². The fraction of sp³-hybridized carbons (Fsp3) is 0.758. The van der Waals surface area contributed by atoms with Crippen molar-refractivity contribution >= 4 is 54.6 Å². The molecule has 4 amide bonds. The molecule has 0 saturated carbocycles. The van der Waals surface area contributed by atoms with Gasteiger partial charge in [0, 0.05) is 102 Å². The fourth-order valence-electron chi connectivity index (χ4n) is 6.66. The van der Waals surface area contributed by atoms with Crippen molar-refractivity contribution in [1.29, 1.82) is 0 Å². The van der Waals surface area contributed by atoms with Crippen LogP contribution in [0.25, 0.3) is 0 Å². The van der Waals surface area contributed by atoms with Gasteiger partial charge in [-0.25, -0.2) is 0 Å². The molecule has 0 aliphatic carbocycles. The SMILES string of the molecule is CC(C)[C@H](NC(=O)CNC(=O)CC[C@@H](C(=O)O)N1CCN(CC(=O)O)CCN(CC(=O)O)CCN(CC(=O)O)CC1)C(=O)N[C@H](C)C(=O)N1CCC[C@H]1B(O)O.[Lu]. The number of carbonyl (C=O) groups is 8. The third-order valence-electron chi connectivity index (χ3n) is 9.69. The minimum absolute atomic E-state index is 0. The van der Waals surface area contributed by atoms with Crippen LogP contribution in [0.5, 0.6) is 0 Å². The Morgan fingerprint density at radius 2 is 1.16 bits per heavy atom. The van der Waals surface area contributed by atoms with E-state index in [2.05, 4.69) is 16.0 Å². The summed E-state index contributed by atoms with van der Waals surface area (Å²) < 4.78 is 0. The first-order valence-electron chi connectivity index (χ1n) is 18.6. The third kappa shape index (κ3) is 19.0. The van der Waals surface area contributed by atoms with Gasteiger partial charge in [0.25, 0.3) is 0 Å². The van der Waals surface area contributed by atoms with Crippen molar-refractivity contribution in [3.05, 3.63) is 0 Å². The summed E-state index contributed by atoms with van der Waals surface area (Å²) in [4.78, 5) is 106. The van der Waals surface area contributed by atoms with Crippen LogP contribution in [0.4, 0.5) is 0 Å². The van der Waals surface area contributed by atoms with Crippen LogP contribution in [0.2, 0.25) is 0 Å². The predicted octanol–water partition coefficient (Wildman–Crippen LogP) is -4.54. The zero-order chi connectivity index (χ0) is 42.1. The zero-order valence-corrected chi connectivity index (χ0v) is 34.1. The van der Waals surface area contributed by atoms with Gasteiger partial charge in [0.15, 0.2) is 0 Å². The maximum Gasteiger partial charge on any atom is 0.475 e. The van der Waals surface area contributed by atoms with Gasteiger partial charge >= 0.3 is 31.0 Å². The van der Waals surface area contributed by atoms with Crippen LogP contribution in [0.1, 0.15) is 46.5 Å². The summed E-state index contributed by atoms with van der Waals surface area (Å²) in [5.41, 5.74) is 0. The second-order valence-corrected chi connectivity index (χ2v) is 14.4. The molecule has 0 unspecified atom stereocenters. The van der Waals surface area contributed by atoms with Crippen LogP contribution in [0, 0.1) is 42.8 Å². The number of amides is 4. The van der Waals surface area contributed by atoms with Crippen molar-refractivity contribution in [3.8, 4) is 0 Å². The van der Waals surface area contributed by atoms with Gasteiger partial charge in [-0.3, -0.25) is 58.0 Å². The van der Waals surface area contributed by atoms with E-state index < -0.39 is 104 Å². The predicted molar refractivity (Wildman–Crippen MR) is 197 cm³/mol. The maximum absolute atomic E-state index is 13.1. The molecule has 2 aliphatic rings. The van der Waals surface area contributed by atoms with Crippen molar-refractivity contribution in [2.45, 2.75) is 70.5 Å². The van der Waals surface area contributed by atoms with Gasteiger partial charge in [-0.1, -0.05) is 13.8 Å². The molecule has 2 heterocycles. The molecule has 9 N–H and O–H groups in total. The Bertz CT molecular complexity index is 1370. The largest absolute Gasteiger partial charge is 0.480 e. The first-order valence-corrected chi connectivity index (χ1v) is 18.6. The van der Waals surface area contributed by atoms with Gasteiger partial charge in [-0.05, 0) is 32.1 Å². The summed E-state index contributed by atoms with van der Waals surface area (Å²) in [5.74, 6) is -8.48. The molecule has 2 saturated heterocycles. The Hall–Kier alpha value is -3.18. The molecule has 0 bridgehead atoms. The summed E-state index contributed by atoms with van der Waals surface area (Å²) in [6, 6.07) is -3.39. The minimum Gasteiger partial charge on any atom is -0.480 e. The van der Waals surface area contributed by atoms with Gasteiger partial charge in [-0.15, -0.1) is 0 Å². The van der Waals surface area contributed by atoms with E-state index in [0.717, 1.165) is 0 Å². The van der Waals surface area contributed by atoms with Gasteiger partial charge in [-0.2, -0.15) is 0 Å². The molecule has 0 aromatic heterocycles. The molecule has 2 aliphatic heterocycles. The molecule has 1 radical (unpaired) electrons. The summed E-state index contributed by atoms with van der Waals surface area (Å²) in [5, 5.41) is 65.1. The first kappa shape index (κ1) is 51.8. The van der Waals surface area contributed by atoms with Crippen LogP contribution >= 0.6 is 0 Å². The summed E-state index contributed by atoms with van der Waals surface area (Å²) in [7, 11) is -1.73. The third-order valence-corrected chi connectivity index (χ3v) is 9.69. The number of carbonyl (C=O) groups excluding carboxylic acids is 4. The number of nitrogens with one attached hydrogen (secondary N) is 3. The Kier molecular flexibility index (Phi) is 23.7. The topological polar surface area (TPSA) is 310 Å². The number of hydrogen-bond donors (Lipinski definition) is 9. The smallest absolute Gasteiger partial charge is 0.475 e. The monoisotopic (exact) mass is 975 g/mol. The average molecular weight is 976 g/mol. The van der Waals surface area contributed by atoms with Gasteiger partial charge in [0.1, 0.15) is 18.1 Å². The number of rotatable bonds is 19. The van der Waals surface area contributed by atoms with E-state index in [1.54, 1.807) is 28.5 Å². The minimum atomic E-state index is -1.73. The van der Waals surface area contributed by atoms with Crippen molar-refractivity contribution < 1.29 is 106 Å². The van der Waals surface area contributed by atoms with Gasteiger partial charge < -0.3 is 51.3 Å². The molecule has 57 heavy (non-hydrogen) atoms. The van der Waals surface area contributed by atoms with Crippen LogP contribution in [0.15, 0.2) is 0 Å². The van der Waals surface area contributed by atoms with Gasteiger partial charge in [0.2, 0.25) is 23.6 Å². The molecular weight excluding hydrogens is 918 g/mol. The molecular formula is C33H57BLuN8O14. The Morgan fingerprint density at radius 3 is 1.58 bits per heavy atom. The molecule has 0 aromatic carbocycles. The van der Waals surface area contributed by atoms with Crippen molar-refractivity contribution in [3.63, 3.8) is 0 Å². The van der Waals surface area contributed by atoms with Crippen molar-refractivity contribution in [1.82, 2.24) is 40.4 Å². The van der Waals surface area contributed by atoms with Crippen molar-refractivity contribution in [2.24, 2.45) is 5.92 Å². The Labute approximate surface area is 360 Å². The number of hydrogen-bond acceptors (Lipinski definition) is 14. The van der Waals surface area contributed by atoms with Crippen molar-refractivity contribution in [2.75, 3.05) is 85.1 Å². The van der Waals surface area contributed by atoms with E-state index >= 15 is 0 Å².